The first kappa shape index (κ1) is 13.3. The van der Waals surface area contributed by atoms with Crippen molar-refractivity contribution in [3.63, 3.8) is 0 Å². The number of aliphatic hydroxyl groups is 1. The van der Waals surface area contributed by atoms with Crippen LogP contribution in [0.2, 0.25) is 0 Å². The zero-order valence-electron chi connectivity index (χ0n) is 9.57. The minimum absolute atomic E-state index is 0.301. The third kappa shape index (κ3) is 4.02. The molecule has 0 spiro atoms. The van der Waals surface area contributed by atoms with Crippen LogP contribution in [0.4, 0.5) is 4.39 Å². The third-order valence-corrected chi connectivity index (χ3v) is 2.99. The largest absolute Gasteiger partial charge is 0.493 e. The number of rotatable bonds is 6. The van der Waals surface area contributed by atoms with Crippen LogP contribution in [0.5, 0.6) is 5.75 Å². The van der Waals surface area contributed by atoms with Gasteiger partial charge in [0.05, 0.1) is 12.7 Å². The van der Waals surface area contributed by atoms with E-state index < -0.39 is 11.9 Å². The summed E-state index contributed by atoms with van der Waals surface area (Å²) < 4.78 is 18.8. The van der Waals surface area contributed by atoms with Crippen LogP contribution < -0.4 is 4.74 Å². The van der Waals surface area contributed by atoms with Crippen LogP contribution in [-0.4, -0.2) is 23.2 Å². The second kappa shape index (κ2) is 6.76. The summed E-state index contributed by atoms with van der Waals surface area (Å²) >= 11 is 1.78. The first-order valence-electron chi connectivity index (χ1n) is 5.33. The van der Waals surface area contributed by atoms with Crippen molar-refractivity contribution in [1.82, 2.24) is 0 Å². The van der Waals surface area contributed by atoms with E-state index in [2.05, 4.69) is 6.92 Å². The molecule has 0 amide bonds. The topological polar surface area (TPSA) is 29.5 Å². The van der Waals surface area contributed by atoms with E-state index in [4.69, 9.17) is 4.74 Å². The summed E-state index contributed by atoms with van der Waals surface area (Å²) in [5, 5.41) is 9.26. The lowest BCUT2D eigenvalue weighted by molar-refractivity contribution is 0.194. The highest BCUT2D eigenvalue weighted by atomic mass is 32.2. The number of ether oxygens (including phenoxy) is 1. The number of benzene rings is 1. The molecule has 90 valence electrons. The Kier molecular flexibility index (Phi) is 5.63. The van der Waals surface area contributed by atoms with Crippen LogP contribution in [0.15, 0.2) is 18.2 Å². The van der Waals surface area contributed by atoms with Crippen molar-refractivity contribution in [3.8, 4) is 5.75 Å². The summed E-state index contributed by atoms with van der Waals surface area (Å²) in [5.74, 6) is 2.05. The first-order chi connectivity index (χ1) is 7.65. The van der Waals surface area contributed by atoms with Gasteiger partial charge in [-0.3, -0.25) is 0 Å². The lowest BCUT2D eigenvalue weighted by atomic mass is 10.1. The lowest BCUT2D eigenvalue weighted by Gasteiger charge is -2.09. The molecule has 0 aliphatic rings. The molecule has 1 N–H and O–H groups in total. The van der Waals surface area contributed by atoms with Crippen LogP contribution in [0.1, 0.15) is 25.5 Å². The predicted molar refractivity (Wildman–Crippen MR) is 65.5 cm³/mol. The van der Waals surface area contributed by atoms with Gasteiger partial charge in [0.1, 0.15) is 11.6 Å². The molecule has 1 rings (SSSR count). The highest BCUT2D eigenvalue weighted by Crippen LogP contribution is 2.21. The van der Waals surface area contributed by atoms with Crippen molar-refractivity contribution < 1.29 is 14.2 Å². The molecule has 1 atom stereocenters. The molecule has 1 aromatic rings. The predicted octanol–water partition coefficient (Wildman–Crippen LogP) is 3.01. The summed E-state index contributed by atoms with van der Waals surface area (Å²) in [4.78, 5) is 0. The van der Waals surface area contributed by atoms with Crippen LogP contribution in [0.3, 0.4) is 0 Å². The van der Waals surface area contributed by atoms with Gasteiger partial charge < -0.3 is 9.84 Å². The first-order valence-corrected chi connectivity index (χ1v) is 6.48. The Balaban J connectivity index is 2.53. The van der Waals surface area contributed by atoms with E-state index in [1.165, 1.54) is 13.0 Å². The number of hydrogen-bond donors (Lipinski definition) is 1. The second-order valence-electron chi connectivity index (χ2n) is 3.40. The Morgan fingerprint density at radius 2 is 2.25 bits per heavy atom. The van der Waals surface area contributed by atoms with Gasteiger partial charge in [0.15, 0.2) is 0 Å². The smallest absolute Gasteiger partial charge is 0.132 e. The molecule has 1 aromatic carbocycles. The molecule has 0 saturated carbocycles. The van der Waals surface area contributed by atoms with Gasteiger partial charge in [0.25, 0.3) is 0 Å². The van der Waals surface area contributed by atoms with E-state index in [-0.39, 0.29) is 0 Å². The van der Waals surface area contributed by atoms with Gasteiger partial charge in [-0.1, -0.05) is 6.92 Å². The Morgan fingerprint density at radius 1 is 1.50 bits per heavy atom. The molecule has 0 bridgehead atoms. The molecule has 0 unspecified atom stereocenters. The van der Waals surface area contributed by atoms with Crippen LogP contribution in [0.25, 0.3) is 0 Å². The second-order valence-corrected chi connectivity index (χ2v) is 4.80. The van der Waals surface area contributed by atoms with Gasteiger partial charge in [0.2, 0.25) is 0 Å². The molecule has 0 saturated heterocycles. The fourth-order valence-electron chi connectivity index (χ4n) is 1.30. The van der Waals surface area contributed by atoms with Gasteiger partial charge in [0, 0.05) is 17.4 Å². The monoisotopic (exact) mass is 244 g/mol. The maximum Gasteiger partial charge on any atom is 0.132 e. The molecular formula is C12H17FO2S. The quantitative estimate of drug-likeness (QED) is 0.780. The average molecular weight is 244 g/mol. The summed E-state index contributed by atoms with van der Waals surface area (Å²) in [6.07, 6.45) is -0.787. The van der Waals surface area contributed by atoms with E-state index in [1.54, 1.807) is 23.9 Å². The molecule has 0 aromatic heterocycles. The van der Waals surface area contributed by atoms with Gasteiger partial charge in [-0.25, -0.2) is 4.39 Å². The van der Waals surface area contributed by atoms with Crippen molar-refractivity contribution in [2.45, 2.75) is 20.0 Å². The summed E-state index contributed by atoms with van der Waals surface area (Å²) in [7, 11) is 0. The van der Waals surface area contributed by atoms with E-state index in [9.17, 15) is 9.50 Å². The van der Waals surface area contributed by atoms with Crippen molar-refractivity contribution >= 4 is 11.8 Å². The van der Waals surface area contributed by atoms with E-state index >= 15 is 0 Å². The van der Waals surface area contributed by atoms with E-state index in [0.29, 0.717) is 17.9 Å². The SMILES string of the molecule is CCSCCOc1ccc([C@@H](C)O)c(F)c1. The highest BCUT2D eigenvalue weighted by molar-refractivity contribution is 7.99. The van der Waals surface area contributed by atoms with Gasteiger partial charge in [-0.2, -0.15) is 11.8 Å². The molecule has 4 heteroatoms. The molecule has 0 heterocycles. The number of hydrogen-bond acceptors (Lipinski definition) is 3. The number of halogens is 1. The molecule has 2 nitrogen and oxygen atoms in total. The minimum atomic E-state index is -0.787. The molecule has 0 aliphatic heterocycles. The number of thioether (sulfide) groups is 1. The Labute approximate surface area is 99.8 Å². The highest BCUT2D eigenvalue weighted by Gasteiger charge is 2.08. The van der Waals surface area contributed by atoms with Crippen LogP contribution in [0, 0.1) is 5.82 Å². The van der Waals surface area contributed by atoms with Gasteiger partial charge in [-0.05, 0) is 24.8 Å². The summed E-state index contributed by atoms with van der Waals surface area (Å²) in [5.41, 5.74) is 0.301. The number of aliphatic hydroxyl groups excluding tert-OH is 1. The van der Waals surface area contributed by atoms with Crippen LogP contribution >= 0.6 is 11.8 Å². The molecule has 16 heavy (non-hydrogen) atoms. The van der Waals surface area contributed by atoms with Gasteiger partial charge >= 0.3 is 0 Å². The summed E-state index contributed by atoms with van der Waals surface area (Å²) in [6, 6.07) is 4.56. The zero-order chi connectivity index (χ0) is 12.0. The normalized spacial score (nSPS) is 12.5. The van der Waals surface area contributed by atoms with Gasteiger partial charge in [-0.15, -0.1) is 0 Å². The molecular weight excluding hydrogens is 227 g/mol. The minimum Gasteiger partial charge on any atom is -0.493 e. The zero-order valence-corrected chi connectivity index (χ0v) is 10.4. The lowest BCUT2D eigenvalue weighted by Crippen LogP contribution is -2.02. The molecule has 0 radical (unpaired) electrons. The Bertz CT molecular complexity index is 329. The fourth-order valence-corrected chi connectivity index (χ4v) is 1.79. The van der Waals surface area contributed by atoms with Crippen LogP contribution in [-0.2, 0) is 0 Å². The fraction of sp³-hybridized carbons (Fsp3) is 0.500. The van der Waals surface area contributed by atoms with Crippen molar-refractivity contribution in [3.05, 3.63) is 29.6 Å². The summed E-state index contributed by atoms with van der Waals surface area (Å²) in [6.45, 7) is 4.20. The van der Waals surface area contributed by atoms with Crippen molar-refractivity contribution in [2.75, 3.05) is 18.1 Å². The van der Waals surface area contributed by atoms with Crippen molar-refractivity contribution in [2.24, 2.45) is 0 Å². The third-order valence-electron chi connectivity index (χ3n) is 2.12. The van der Waals surface area contributed by atoms with E-state index in [0.717, 1.165) is 11.5 Å². The molecule has 0 aliphatic carbocycles. The maximum atomic E-state index is 13.4. The maximum absolute atomic E-state index is 13.4. The average Bonchev–Trinajstić information content (AvgIpc) is 2.24. The Morgan fingerprint density at radius 3 is 2.81 bits per heavy atom. The Hall–Kier alpha value is -0.740. The standard InChI is InChI=1S/C12H17FO2S/c1-3-16-7-6-15-10-4-5-11(9(2)14)12(13)8-10/h4-5,8-9,14H,3,6-7H2,1-2H3/t9-/m1/s1. The van der Waals surface area contributed by atoms with Crippen molar-refractivity contribution in [1.29, 1.82) is 0 Å². The van der Waals surface area contributed by atoms with E-state index in [1.807, 2.05) is 0 Å². The molecule has 0 fully saturated rings.